The minimum Gasteiger partial charge on any atom is -0.481 e. The smallest absolute Gasteiger partial charge is 0.408 e. The second-order valence-electron chi connectivity index (χ2n) is 12.3. The number of carbonyl (C=O) groups excluding carboxylic acids is 3. The van der Waals surface area contributed by atoms with Gasteiger partial charge in [-0.25, -0.2) is 14.0 Å². The largest absolute Gasteiger partial charge is 0.481 e. The van der Waals surface area contributed by atoms with Crippen LogP contribution in [0.4, 0.5) is 14.0 Å². The molecular weight excluding hydrogens is 587 g/mol. The summed E-state index contributed by atoms with van der Waals surface area (Å²) in [6.07, 6.45) is 9.59. The summed E-state index contributed by atoms with van der Waals surface area (Å²) < 4.78 is 18.1. The Morgan fingerprint density at radius 2 is 1.84 bits per heavy atom. The molecule has 0 radical (unpaired) electrons. The van der Waals surface area contributed by atoms with E-state index < -0.39 is 35.7 Å². The van der Waals surface area contributed by atoms with Gasteiger partial charge in [0.25, 0.3) is 0 Å². The molecule has 0 spiro atoms. The minimum absolute atomic E-state index is 0.0811. The molecule has 5 N–H and O–H groups in total. The molecular formula is C32H47FN4O8. The van der Waals surface area contributed by atoms with E-state index in [0.717, 1.165) is 24.8 Å². The Hall–Kier alpha value is -4.16. The fraction of sp³-hybridized carbons (Fsp3) is 0.594. The zero-order chi connectivity index (χ0) is 33.7. The number of carbonyl (C=O) groups is 5. The lowest BCUT2D eigenvalue weighted by molar-refractivity contribution is -0.138. The lowest BCUT2D eigenvalue weighted by Gasteiger charge is -2.23. The van der Waals surface area contributed by atoms with Gasteiger partial charge in [0.05, 0.1) is 12.5 Å². The molecule has 1 aromatic rings. The number of likely N-dealkylation sites (tertiary alicyclic amines) is 1. The highest BCUT2D eigenvalue weighted by Crippen LogP contribution is 2.39. The van der Waals surface area contributed by atoms with Crippen molar-refractivity contribution in [1.82, 2.24) is 15.1 Å². The lowest BCUT2D eigenvalue weighted by Crippen LogP contribution is -2.48. The van der Waals surface area contributed by atoms with Gasteiger partial charge >= 0.3 is 18.2 Å². The number of fused-ring (bicyclic) bond motifs is 1. The molecule has 1 saturated carbocycles. The zero-order valence-corrected chi connectivity index (χ0v) is 26.6. The van der Waals surface area contributed by atoms with E-state index in [-0.39, 0.29) is 30.7 Å². The molecule has 0 aromatic heterocycles. The van der Waals surface area contributed by atoms with Crippen molar-refractivity contribution in [3.63, 3.8) is 0 Å². The van der Waals surface area contributed by atoms with Gasteiger partial charge < -0.3 is 30.9 Å². The molecule has 1 aliphatic carbocycles. The third-order valence-corrected chi connectivity index (χ3v) is 7.40. The molecule has 250 valence electrons. The van der Waals surface area contributed by atoms with E-state index in [2.05, 4.69) is 24.4 Å². The number of hydrogen-bond donors (Lipinski definition) is 4. The fourth-order valence-electron chi connectivity index (χ4n) is 4.94. The van der Waals surface area contributed by atoms with Gasteiger partial charge in [-0.05, 0) is 70.4 Å². The summed E-state index contributed by atoms with van der Waals surface area (Å²) in [5, 5.41) is 19.7. The van der Waals surface area contributed by atoms with Crippen LogP contribution in [0.1, 0.15) is 83.8 Å². The number of carboxylic acids is 1. The van der Waals surface area contributed by atoms with Crippen LogP contribution >= 0.6 is 0 Å². The number of nitrogens with one attached hydrogen (secondary N) is 1. The van der Waals surface area contributed by atoms with Crippen LogP contribution in [0.25, 0.3) is 0 Å². The first-order valence-electron chi connectivity index (χ1n) is 15.3. The quantitative estimate of drug-likeness (QED) is 0.224. The molecule has 2 heterocycles. The molecule has 3 aliphatic rings. The van der Waals surface area contributed by atoms with Crippen molar-refractivity contribution in [2.24, 2.45) is 17.6 Å². The van der Waals surface area contributed by atoms with Crippen LogP contribution in [0.3, 0.4) is 0 Å². The normalized spacial score (nSPS) is 19.9. The van der Waals surface area contributed by atoms with Gasteiger partial charge in [-0.2, -0.15) is 0 Å². The molecule has 12 nitrogen and oxygen atoms in total. The molecule has 13 heteroatoms. The number of carboxylic acid groups (broad SMARTS) is 2. The Kier molecular flexibility index (Phi) is 14.3. The number of amides is 4. The highest BCUT2D eigenvalue weighted by molar-refractivity contribution is 5.89. The highest BCUT2D eigenvalue weighted by atomic mass is 19.1. The average molecular weight is 635 g/mol. The van der Waals surface area contributed by atoms with Crippen LogP contribution in [0.15, 0.2) is 30.4 Å². The topological polar surface area (TPSA) is 180 Å². The van der Waals surface area contributed by atoms with Crippen molar-refractivity contribution < 1.29 is 43.3 Å². The first-order chi connectivity index (χ1) is 21.1. The Balaban J connectivity index is 0.000000241. The third kappa shape index (κ3) is 12.8. The molecule has 1 aromatic carbocycles. The van der Waals surface area contributed by atoms with Crippen molar-refractivity contribution in [1.29, 1.82) is 0 Å². The second kappa shape index (κ2) is 17.4. The van der Waals surface area contributed by atoms with Gasteiger partial charge in [-0.3, -0.25) is 19.3 Å². The number of rotatable bonds is 9. The van der Waals surface area contributed by atoms with E-state index in [9.17, 15) is 28.4 Å². The summed E-state index contributed by atoms with van der Waals surface area (Å²) in [5.74, 6) is -1.54. The summed E-state index contributed by atoms with van der Waals surface area (Å²) in [4.78, 5) is 58.1. The van der Waals surface area contributed by atoms with E-state index >= 15 is 0 Å². The number of aliphatic carboxylic acids is 1. The monoisotopic (exact) mass is 634 g/mol. The third-order valence-electron chi connectivity index (χ3n) is 7.40. The predicted octanol–water partition coefficient (Wildman–Crippen LogP) is 4.65. The number of hydrogen-bond acceptors (Lipinski definition) is 6. The van der Waals surface area contributed by atoms with Crippen molar-refractivity contribution in [2.45, 2.75) is 97.4 Å². The summed E-state index contributed by atoms with van der Waals surface area (Å²) in [7, 11) is 0. The number of alkyl carbamates (subject to hydrolysis) is 1. The van der Waals surface area contributed by atoms with Crippen molar-refractivity contribution in [2.75, 3.05) is 13.1 Å². The van der Waals surface area contributed by atoms with E-state index in [0.29, 0.717) is 31.0 Å². The van der Waals surface area contributed by atoms with Gasteiger partial charge in [0.15, 0.2) is 0 Å². The van der Waals surface area contributed by atoms with Gasteiger partial charge in [-0.1, -0.05) is 44.1 Å². The number of nitrogens with two attached hydrogens (primary N) is 1. The SMILES string of the molecule is CC(C)(C)OC(=O)NCC(=O)N1CCCC1C(N)=O.CCCCC/C=C\C1CC1C(=O)O.O=C(O)N1Cc2cccc(F)c2C1. The molecule has 4 rings (SSSR count). The fourth-order valence-corrected chi connectivity index (χ4v) is 4.94. The van der Waals surface area contributed by atoms with Crippen LogP contribution in [0, 0.1) is 17.7 Å². The summed E-state index contributed by atoms with van der Waals surface area (Å²) >= 11 is 0. The molecule has 3 unspecified atom stereocenters. The predicted molar refractivity (Wildman–Crippen MR) is 164 cm³/mol. The number of halogens is 1. The van der Waals surface area contributed by atoms with Gasteiger partial charge in [0.2, 0.25) is 11.8 Å². The van der Waals surface area contributed by atoms with Crippen LogP contribution in [0.2, 0.25) is 0 Å². The van der Waals surface area contributed by atoms with Gasteiger partial charge in [0, 0.05) is 18.7 Å². The van der Waals surface area contributed by atoms with Crippen LogP contribution in [-0.2, 0) is 32.2 Å². The first-order valence-corrected chi connectivity index (χ1v) is 15.3. The molecule has 3 atom stereocenters. The van der Waals surface area contributed by atoms with Crippen LogP contribution < -0.4 is 11.1 Å². The molecule has 4 amide bonds. The van der Waals surface area contributed by atoms with E-state index in [1.54, 1.807) is 32.9 Å². The lowest BCUT2D eigenvalue weighted by atomic mass is 10.1. The zero-order valence-electron chi connectivity index (χ0n) is 26.6. The Morgan fingerprint density at radius 1 is 1.13 bits per heavy atom. The standard InChI is InChI=1S/C12H21N3O4.C11H18O2.C9H8FNO2/c1-12(2,3)19-11(18)14-7-9(16)15-6-4-5-8(15)10(13)17;1-2-3-4-5-6-7-9-8-10(9)11(12)13;10-8-3-1-2-6-4-11(9(12)13)5-7(6)8/h8H,4-7H2,1-3H3,(H2,13,17)(H,14,18);6-7,9-10H,2-5,8H2,1H3,(H,12,13);1-3H,4-5H2,(H,12,13)/b;7-6-;. The molecule has 0 bridgehead atoms. The number of benzene rings is 1. The Morgan fingerprint density at radius 3 is 2.40 bits per heavy atom. The molecule has 2 aliphatic heterocycles. The first kappa shape index (κ1) is 37.0. The maximum Gasteiger partial charge on any atom is 0.408 e. The Labute approximate surface area is 263 Å². The van der Waals surface area contributed by atoms with Crippen molar-refractivity contribution in [3.05, 3.63) is 47.3 Å². The van der Waals surface area contributed by atoms with Crippen LogP contribution in [0.5, 0.6) is 0 Å². The number of unbranched alkanes of at least 4 members (excludes halogenated alkanes) is 3. The van der Waals surface area contributed by atoms with Gasteiger partial charge in [-0.15, -0.1) is 0 Å². The van der Waals surface area contributed by atoms with Crippen LogP contribution in [-0.4, -0.2) is 74.7 Å². The number of primary amides is 1. The van der Waals surface area contributed by atoms with E-state index in [1.165, 1.54) is 35.1 Å². The van der Waals surface area contributed by atoms with E-state index in [4.69, 9.17) is 20.7 Å². The van der Waals surface area contributed by atoms with E-state index in [1.807, 2.05) is 0 Å². The summed E-state index contributed by atoms with van der Waals surface area (Å²) in [6.45, 7) is 8.14. The van der Waals surface area contributed by atoms with Crippen molar-refractivity contribution >= 4 is 30.0 Å². The minimum atomic E-state index is -1.00. The average Bonchev–Trinajstić information content (AvgIpc) is 3.34. The maximum absolute atomic E-state index is 13.1. The molecule has 1 saturated heterocycles. The summed E-state index contributed by atoms with van der Waals surface area (Å²) in [6, 6.07) is 4.14. The summed E-state index contributed by atoms with van der Waals surface area (Å²) in [5.41, 5.74) is 5.88. The second-order valence-corrected chi connectivity index (χ2v) is 12.3. The maximum atomic E-state index is 13.1. The van der Waals surface area contributed by atoms with Crippen molar-refractivity contribution in [3.8, 4) is 0 Å². The van der Waals surface area contributed by atoms with Gasteiger partial charge in [0.1, 0.15) is 24.0 Å². The molecule has 45 heavy (non-hydrogen) atoms. The number of nitrogens with zero attached hydrogens (tertiary/aromatic N) is 2. The molecule has 2 fully saturated rings. The Bertz CT molecular complexity index is 1230. The highest BCUT2D eigenvalue weighted by Gasteiger charge is 2.41. The number of ether oxygens (including phenoxy) is 1. The number of allylic oxidation sites excluding steroid dienone is 2.